The zero-order valence-corrected chi connectivity index (χ0v) is 22.5. The smallest absolute Gasteiger partial charge is 0.238 e. The lowest BCUT2D eigenvalue weighted by Crippen LogP contribution is -2.32. The highest BCUT2D eigenvalue weighted by molar-refractivity contribution is 6.23. The second kappa shape index (κ2) is 8.41. The van der Waals surface area contributed by atoms with Crippen LogP contribution >= 0.6 is 0 Å². The number of imide groups is 2. The molecule has 4 amide bonds. The van der Waals surface area contributed by atoms with Crippen LogP contribution in [0.4, 0.5) is 11.4 Å². The number of nitrogens with zero attached hydrogens (tertiary/aromatic N) is 4. The maximum absolute atomic E-state index is 13.2. The minimum atomic E-state index is -0.230. The molecule has 6 aliphatic rings. The van der Waals surface area contributed by atoms with Crippen molar-refractivity contribution >= 4 is 35.0 Å². The monoisotopic (exact) mass is 554 g/mol. The molecule has 0 N–H and O–H groups in total. The van der Waals surface area contributed by atoms with Crippen molar-refractivity contribution in [3.8, 4) is 22.6 Å². The summed E-state index contributed by atoms with van der Waals surface area (Å²) >= 11 is 0. The van der Waals surface area contributed by atoms with Crippen molar-refractivity contribution in [2.24, 2.45) is 47.3 Å². The Bertz CT molecular complexity index is 1590. The number of anilines is 2. The molecule has 1 aromatic heterocycles. The average molecular weight is 555 g/mol. The minimum absolute atomic E-state index is 0.0908. The van der Waals surface area contributed by atoms with Crippen LogP contribution in [0.25, 0.3) is 22.6 Å². The molecule has 206 valence electrons. The van der Waals surface area contributed by atoms with Gasteiger partial charge in [0.2, 0.25) is 23.6 Å². The Hall–Kier alpha value is -4.72. The quantitative estimate of drug-likeness (QED) is 0.349. The van der Waals surface area contributed by atoms with E-state index in [1.54, 1.807) is 30.5 Å². The molecule has 4 aliphatic carbocycles. The van der Waals surface area contributed by atoms with Gasteiger partial charge in [0.1, 0.15) is 0 Å². The maximum atomic E-state index is 13.2. The van der Waals surface area contributed by atoms with Crippen LogP contribution in [-0.4, -0.2) is 33.6 Å². The number of hydrogen-bond acceptors (Lipinski definition) is 6. The number of rotatable bonds is 4. The highest BCUT2D eigenvalue weighted by Crippen LogP contribution is 2.54. The molecular formula is C34H26N4O4. The molecule has 0 unspecified atom stereocenters. The van der Waals surface area contributed by atoms with Crippen LogP contribution < -0.4 is 9.80 Å². The first-order chi connectivity index (χ1) is 20.5. The second-order valence-corrected chi connectivity index (χ2v) is 12.4. The van der Waals surface area contributed by atoms with E-state index in [4.69, 9.17) is 4.98 Å². The molecule has 8 atom stereocenters. The lowest BCUT2D eigenvalue weighted by atomic mass is 9.85. The van der Waals surface area contributed by atoms with Crippen LogP contribution in [-0.2, 0) is 19.2 Å². The van der Waals surface area contributed by atoms with Gasteiger partial charge in [-0.15, -0.1) is 0 Å². The van der Waals surface area contributed by atoms with Crippen molar-refractivity contribution in [1.82, 2.24) is 9.97 Å². The standard InChI is InChI=1S/C34H26N4O4/c39-31-26-19-1-2-20(15-19)27(26)32(40)37(31)23-9-5-17(6-10-23)25-13-14-35-30(36-25)18-7-11-24(12-8-18)38-33(41)28-21-3-4-22(16-21)29(28)34(38)42/h1-14,19-22,26-29H,15-16H2/t19-,20-,21-,22-,26-,27+,28+,29+/m0/s1. The number of fused-ring (bicyclic) bond motifs is 10. The van der Waals surface area contributed by atoms with Gasteiger partial charge in [0.25, 0.3) is 0 Å². The number of hydrogen-bond donors (Lipinski definition) is 0. The van der Waals surface area contributed by atoms with Crippen LogP contribution in [0.2, 0.25) is 0 Å². The lowest BCUT2D eigenvalue weighted by molar-refractivity contribution is -0.124. The Morgan fingerprint density at radius 2 is 0.929 bits per heavy atom. The second-order valence-electron chi connectivity index (χ2n) is 12.4. The normalized spacial score (nSPS) is 33.4. The molecule has 4 fully saturated rings. The highest BCUT2D eigenvalue weighted by Gasteiger charge is 2.60. The van der Waals surface area contributed by atoms with Gasteiger partial charge in [-0.05, 0) is 79.0 Å². The van der Waals surface area contributed by atoms with E-state index in [2.05, 4.69) is 29.3 Å². The Labute approximate surface area is 241 Å². The van der Waals surface area contributed by atoms with Crippen molar-refractivity contribution in [3.05, 3.63) is 85.1 Å². The highest BCUT2D eigenvalue weighted by atomic mass is 16.2. The first kappa shape index (κ1) is 23.9. The summed E-state index contributed by atoms with van der Waals surface area (Å²) in [5, 5.41) is 0. The summed E-state index contributed by atoms with van der Waals surface area (Å²) in [5.74, 6) is -0.0616. The summed E-state index contributed by atoms with van der Waals surface area (Å²) in [6.07, 6.45) is 11.9. The first-order valence-corrected chi connectivity index (χ1v) is 14.6. The molecule has 2 aliphatic heterocycles. The molecule has 0 radical (unpaired) electrons. The van der Waals surface area contributed by atoms with E-state index in [9.17, 15) is 19.2 Å². The summed E-state index contributed by atoms with van der Waals surface area (Å²) in [6, 6.07) is 16.4. The molecule has 2 saturated carbocycles. The lowest BCUT2D eigenvalue weighted by Gasteiger charge is -2.18. The number of allylic oxidation sites excluding steroid dienone is 4. The van der Waals surface area contributed by atoms with Gasteiger partial charge in [0, 0.05) is 17.3 Å². The maximum Gasteiger partial charge on any atom is 0.238 e. The summed E-state index contributed by atoms with van der Waals surface area (Å²) in [4.78, 5) is 64.6. The van der Waals surface area contributed by atoms with Gasteiger partial charge in [-0.3, -0.25) is 29.0 Å². The Morgan fingerprint density at radius 3 is 1.36 bits per heavy atom. The SMILES string of the molecule is O=C1[C@@H]2[C@H](C(=O)N1c1ccc(-c3ccnc(-c4ccc(N5C(=O)[C@H]6[C@H](C5=O)[C@H]5C=C[C@H]6C5)cc4)n3)cc1)[C@H]1C=C[C@H]2C1. The van der Waals surface area contributed by atoms with E-state index >= 15 is 0 Å². The van der Waals surface area contributed by atoms with Crippen LogP contribution in [0.3, 0.4) is 0 Å². The van der Waals surface area contributed by atoms with Crippen molar-refractivity contribution in [1.29, 1.82) is 0 Å². The number of carbonyl (C=O) groups is 4. The summed E-state index contributed by atoms with van der Waals surface area (Å²) in [6.45, 7) is 0. The van der Waals surface area contributed by atoms with E-state index in [0.29, 0.717) is 22.9 Å². The van der Waals surface area contributed by atoms with Gasteiger partial charge < -0.3 is 0 Å². The molecule has 2 aromatic carbocycles. The fraction of sp³-hybridized carbons (Fsp3) is 0.294. The molecule has 2 saturated heterocycles. The third-order valence-electron chi connectivity index (χ3n) is 10.4. The van der Waals surface area contributed by atoms with Crippen LogP contribution in [0.15, 0.2) is 85.1 Å². The third kappa shape index (κ3) is 3.12. The van der Waals surface area contributed by atoms with Gasteiger partial charge in [-0.25, -0.2) is 9.97 Å². The topological polar surface area (TPSA) is 101 Å². The summed E-state index contributed by atoms with van der Waals surface area (Å²) in [7, 11) is 0. The number of benzene rings is 2. The molecule has 3 heterocycles. The van der Waals surface area contributed by atoms with Gasteiger partial charge >= 0.3 is 0 Å². The van der Waals surface area contributed by atoms with E-state index in [-0.39, 0.29) is 71.0 Å². The fourth-order valence-corrected chi connectivity index (χ4v) is 8.51. The van der Waals surface area contributed by atoms with Gasteiger partial charge in [0.05, 0.1) is 40.7 Å². The third-order valence-corrected chi connectivity index (χ3v) is 10.4. The molecule has 8 heteroatoms. The molecule has 3 aromatic rings. The average Bonchev–Trinajstić information content (AvgIpc) is 3.87. The molecule has 42 heavy (non-hydrogen) atoms. The number of aromatic nitrogens is 2. The first-order valence-electron chi connectivity index (χ1n) is 14.6. The fourth-order valence-electron chi connectivity index (χ4n) is 8.51. The Morgan fingerprint density at radius 1 is 0.524 bits per heavy atom. The van der Waals surface area contributed by atoms with E-state index in [1.165, 1.54) is 9.80 Å². The van der Waals surface area contributed by atoms with E-state index in [1.807, 2.05) is 30.3 Å². The van der Waals surface area contributed by atoms with E-state index in [0.717, 1.165) is 24.0 Å². The molecule has 9 rings (SSSR count). The molecule has 0 spiro atoms. The minimum Gasteiger partial charge on any atom is -0.274 e. The number of carbonyl (C=O) groups excluding carboxylic acids is 4. The predicted molar refractivity (Wildman–Crippen MR) is 153 cm³/mol. The molecule has 8 nitrogen and oxygen atoms in total. The summed E-state index contributed by atoms with van der Waals surface area (Å²) in [5.41, 5.74) is 3.47. The van der Waals surface area contributed by atoms with Crippen molar-refractivity contribution in [2.45, 2.75) is 12.8 Å². The molecule has 4 bridgehead atoms. The summed E-state index contributed by atoms with van der Waals surface area (Å²) < 4.78 is 0. The van der Waals surface area contributed by atoms with Crippen LogP contribution in [0.1, 0.15) is 12.8 Å². The van der Waals surface area contributed by atoms with Crippen LogP contribution in [0.5, 0.6) is 0 Å². The Balaban J connectivity index is 0.948. The predicted octanol–water partition coefficient (Wildman–Crippen LogP) is 4.43. The zero-order valence-electron chi connectivity index (χ0n) is 22.5. The van der Waals surface area contributed by atoms with Crippen LogP contribution in [0, 0.1) is 47.3 Å². The van der Waals surface area contributed by atoms with Gasteiger partial charge in [-0.2, -0.15) is 0 Å². The number of amides is 4. The van der Waals surface area contributed by atoms with Gasteiger partial charge in [-0.1, -0.05) is 36.4 Å². The van der Waals surface area contributed by atoms with Crippen molar-refractivity contribution in [3.63, 3.8) is 0 Å². The van der Waals surface area contributed by atoms with Gasteiger partial charge in [0.15, 0.2) is 5.82 Å². The Kier molecular flexibility index (Phi) is 4.79. The largest absolute Gasteiger partial charge is 0.274 e. The zero-order chi connectivity index (χ0) is 28.3. The van der Waals surface area contributed by atoms with Crippen molar-refractivity contribution in [2.75, 3.05) is 9.80 Å². The van der Waals surface area contributed by atoms with Crippen molar-refractivity contribution < 1.29 is 19.2 Å². The van der Waals surface area contributed by atoms with E-state index < -0.39 is 0 Å². The molecular weight excluding hydrogens is 528 g/mol.